The molecular formula is C19H18. The van der Waals surface area contributed by atoms with E-state index in [9.17, 15) is 0 Å². The first-order valence-corrected chi connectivity index (χ1v) is 6.76. The van der Waals surface area contributed by atoms with Crippen molar-refractivity contribution in [3.05, 3.63) is 89.0 Å². The van der Waals surface area contributed by atoms with Crippen molar-refractivity contribution in [2.24, 2.45) is 0 Å². The molecule has 1 aliphatic carbocycles. The van der Waals surface area contributed by atoms with Gasteiger partial charge in [-0.25, -0.2) is 0 Å². The van der Waals surface area contributed by atoms with Crippen LogP contribution in [0.2, 0.25) is 0 Å². The molecule has 3 rings (SSSR count). The van der Waals surface area contributed by atoms with Crippen LogP contribution < -0.4 is 0 Å². The third-order valence-corrected chi connectivity index (χ3v) is 3.98. The highest BCUT2D eigenvalue weighted by Gasteiger charge is 2.25. The summed E-state index contributed by atoms with van der Waals surface area (Å²) in [6.45, 7) is 4.46. The van der Waals surface area contributed by atoms with E-state index in [0.717, 1.165) is 0 Å². The van der Waals surface area contributed by atoms with Gasteiger partial charge in [0.25, 0.3) is 0 Å². The SMILES string of the molecule is CC1=C(C)C(c2ccccc2)C(c2ccccc2)=C1. The smallest absolute Gasteiger partial charge is 0.0307 e. The minimum atomic E-state index is 0.406. The molecule has 2 aromatic carbocycles. The molecule has 94 valence electrons. The molecule has 1 aliphatic rings. The van der Waals surface area contributed by atoms with Gasteiger partial charge in [0.05, 0.1) is 0 Å². The van der Waals surface area contributed by atoms with Crippen molar-refractivity contribution in [3.8, 4) is 0 Å². The number of hydrogen-bond donors (Lipinski definition) is 0. The molecule has 1 unspecified atom stereocenters. The van der Waals surface area contributed by atoms with Gasteiger partial charge in [-0.15, -0.1) is 0 Å². The van der Waals surface area contributed by atoms with Gasteiger partial charge < -0.3 is 0 Å². The van der Waals surface area contributed by atoms with E-state index in [-0.39, 0.29) is 0 Å². The van der Waals surface area contributed by atoms with Gasteiger partial charge in [0.1, 0.15) is 0 Å². The molecule has 0 nitrogen and oxygen atoms in total. The molecule has 1 atom stereocenters. The molecule has 0 saturated heterocycles. The molecule has 0 aromatic heterocycles. The molecule has 0 aliphatic heterocycles. The van der Waals surface area contributed by atoms with Crippen LogP contribution in [0.25, 0.3) is 5.57 Å². The molecule has 0 spiro atoms. The van der Waals surface area contributed by atoms with E-state index in [1.54, 1.807) is 0 Å². The van der Waals surface area contributed by atoms with E-state index in [1.165, 1.54) is 27.8 Å². The average molecular weight is 246 g/mol. The Labute approximate surface area is 115 Å². The van der Waals surface area contributed by atoms with Crippen LogP contribution in [0.3, 0.4) is 0 Å². The molecule has 0 heterocycles. The fourth-order valence-corrected chi connectivity index (χ4v) is 2.85. The van der Waals surface area contributed by atoms with E-state index in [4.69, 9.17) is 0 Å². The minimum absolute atomic E-state index is 0.406. The molecule has 0 amide bonds. The van der Waals surface area contributed by atoms with Crippen molar-refractivity contribution in [2.45, 2.75) is 19.8 Å². The number of hydrogen-bond acceptors (Lipinski definition) is 0. The van der Waals surface area contributed by atoms with Crippen molar-refractivity contribution in [1.82, 2.24) is 0 Å². The largest absolute Gasteiger partial charge is 0.0622 e. The van der Waals surface area contributed by atoms with Crippen molar-refractivity contribution >= 4 is 5.57 Å². The Morgan fingerprint density at radius 1 is 0.737 bits per heavy atom. The predicted molar refractivity (Wildman–Crippen MR) is 82.0 cm³/mol. The van der Waals surface area contributed by atoms with Crippen molar-refractivity contribution in [3.63, 3.8) is 0 Å². The first-order chi connectivity index (χ1) is 9.27. The highest BCUT2D eigenvalue weighted by atomic mass is 14.3. The normalized spacial score (nSPS) is 18.6. The summed E-state index contributed by atoms with van der Waals surface area (Å²) in [6, 6.07) is 21.5. The zero-order valence-electron chi connectivity index (χ0n) is 11.4. The minimum Gasteiger partial charge on any atom is -0.0622 e. The topological polar surface area (TPSA) is 0 Å². The maximum atomic E-state index is 2.34. The van der Waals surface area contributed by atoms with E-state index in [2.05, 4.69) is 80.6 Å². The fourth-order valence-electron chi connectivity index (χ4n) is 2.85. The molecule has 0 saturated carbocycles. The Bertz CT molecular complexity index is 630. The van der Waals surface area contributed by atoms with Gasteiger partial charge in [-0.3, -0.25) is 0 Å². The van der Waals surface area contributed by atoms with Crippen LogP contribution in [0.5, 0.6) is 0 Å². The number of rotatable bonds is 2. The van der Waals surface area contributed by atoms with E-state index in [1.807, 2.05) is 0 Å². The van der Waals surface area contributed by atoms with Gasteiger partial charge >= 0.3 is 0 Å². The predicted octanol–water partition coefficient (Wildman–Crippen LogP) is 5.20. The van der Waals surface area contributed by atoms with E-state index >= 15 is 0 Å². The highest BCUT2D eigenvalue weighted by Crippen LogP contribution is 2.44. The Balaban J connectivity index is 2.09. The van der Waals surface area contributed by atoms with Crippen LogP contribution in [0.1, 0.15) is 30.9 Å². The Hall–Kier alpha value is -2.08. The summed E-state index contributed by atoms with van der Waals surface area (Å²) in [5, 5.41) is 0. The monoisotopic (exact) mass is 246 g/mol. The number of benzene rings is 2. The van der Waals surface area contributed by atoms with Crippen LogP contribution in [-0.2, 0) is 0 Å². The second-order valence-electron chi connectivity index (χ2n) is 5.18. The van der Waals surface area contributed by atoms with Crippen LogP contribution in [0, 0.1) is 0 Å². The summed E-state index contributed by atoms with van der Waals surface area (Å²) in [5.74, 6) is 0.406. The molecule has 0 radical (unpaired) electrons. The molecule has 2 aromatic rings. The summed E-state index contributed by atoms with van der Waals surface area (Å²) >= 11 is 0. The average Bonchev–Trinajstić information content (AvgIpc) is 2.77. The van der Waals surface area contributed by atoms with Crippen LogP contribution in [0.4, 0.5) is 0 Å². The lowest BCUT2D eigenvalue weighted by Gasteiger charge is -2.18. The second kappa shape index (κ2) is 4.89. The van der Waals surface area contributed by atoms with Crippen LogP contribution in [0.15, 0.2) is 77.9 Å². The van der Waals surface area contributed by atoms with Crippen molar-refractivity contribution in [1.29, 1.82) is 0 Å². The quantitative estimate of drug-likeness (QED) is 0.683. The maximum absolute atomic E-state index is 2.34. The lowest BCUT2D eigenvalue weighted by molar-refractivity contribution is 1.02. The first kappa shape index (κ1) is 12.0. The Morgan fingerprint density at radius 3 is 1.95 bits per heavy atom. The van der Waals surface area contributed by atoms with Gasteiger partial charge in [-0.2, -0.15) is 0 Å². The molecule has 0 fully saturated rings. The van der Waals surface area contributed by atoms with E-state index < -0.39 is 0 Å². The zero-order chi connectivity index (χ0) is 13.2. The fraction of sp³-hybridized carbons (Fsp3) is 0.158. The standard InChI is InChI=1S/C19H18/c1-14-13-18(16-9-5-3-6-10-16)19(15(14)2)17-11-7-4-8-12-17/h3-13,19H,1-2H3. The van der Waals surface area contributed by atoms with Crippen molar-refractivity contribution < 1.29 is 0 Å². The first-order valence-electron chi connectivity index (χ1n) is 6.76. The summed E-state index contributed by atoms with van der Waals surface area (Å²) in [5.41, 5.74) is 6.99. The number of allylic oxidation sites excluding steroid dienone is 4. The second-order valence-corrected chi connectivity index (χ2v) is 5.18. The lowest BCUT2D eigenvalue weighted by atomic mass is 9.85. The lowest BCUT2D eigenvalue weighted by Crippen LogP contribution is -2.00. The van der Waals surface area contributed by atoms with Gasteiger partial charge in [-0.05, 0) is 30.5 Å². The molecule has 0 bridgehead atoms. The molecular weight excluding hydrogens is 228 g/mol. The molecule has 0 N–H and O–H groups in total. The Morgan fingerprint density at radius 2 is 1.32 bits per heavy atom. The van der Waals surface area contributed by atoms with Gasteiger partial charge in [-0.1, -0.05) is 77.9 Å². The van der Waals surface area contributed by atoms with Gasteiger partial charge in [0, 0.05) is 5.92 Å². The summed E-state index contributed by atoms with van der Waals surface area (Å²) < 4.78 is 0. The third-order valence-electron chi connectivity index (χ3n) is 3.98. The van der Waals surface area contributed by atoms with Gasteiger partial charge in [0.15, 0.2) is 0 Å². The highest BCUT2D eigenvalue weighted by molar-refractivity contribution is 5.80. The summed E-state index contributed by atoms with van der Waals surface area (Å²) in [6.07, 6.45) is 2.34. The van der Waals surface area contributed by atoms with Crippen LogP contribution >= 0.6 is 0 Å². The van der Waals surface area contributed by atoms with Crippen molar-refractivity contribution in [2.75, 3.05) is 0 Å². The zero-order valence-corrected chi connectivity index (χ0v) is 11.4. The molecule has 19 heavy (non-hydrogen) atoms. The van der Waals surface area contributed by atoms with Crippen LogP contribution in [-0.4, -0.2) is 0 Å². The maximum Gasteiger partial charge on any atom is 0.0307 e. The molecule has 0 heteroatoms. The summed E-state index contributed by atoms with van der Waals surface area (Å²) in [4.78, 5) is 0. The third kappa shape index (κ3) is 2.15. The Kier molecular flexibility index (Phi) is 3.08. The summed E-state index contributed by atoms with van der Waals surface area (Å²) in [7, 11) is 0. The van der Waals surface area contributed by atoms with Gasteiger partial charge in [0.2, 0.25) is 0 Å². The van der Waals surface area contributed by atoms with E-state index in [0.29, 0.717) is 5.92 Å².